The van der Waals surface area contributed by atoms with Crippen molar-refractivity contribution >= 4 is 28.4 Å². The fourth-order valence-corrected chi connectivity index (χ4v) is 3.78. The maximum absolute atomic E-state index is 10.6. The van der Waals surface area contributed by atoms with Crippen molar-refractivity contribution in [1.29, 1.82) is 0 Å². The van der Waals surface area contributed by atoms with Gasteiger partial charge in [0.25, 0.3) is 5.69 Å². The molecule has 3 rings (SSSR count). The summed E-state index contributed by atoms with van der Waals surface area (Å²) in [6.07, 6.45) is 0. The largest absolute Gasteiger partial charge is 0.269 e. The average Bonchev–Trinajstić information content (AvgIpc) is 3.07. The summed E-state index contributed by atoms with van der Waals surface area (Å²) in [5, 5.41) is 15.7. The molecule has 0 saturated carbocycles. The summed E-state index contributed by atoms with van der Waals surface area (Å²) in [5.74, 6) is 0. The van der Waals surface area contributed by atoms with Crippen molar-refractivity contribution in [3.05, 3.63) is 56.8 Å². The molecule has 0 bridgehead atoms. The number of nitrogens with zero attached hydrogens (tertiary/aromatic N) is 2. The van der Waals surface area contributed by atoms with Gasteiger partial charge in [-0.05, 0) is 36.1 Å². The fraction of sp³-hybridized carbons (Fsp3) is 0.0714. The van der Waals surface area contributed by atoms with Crippen molar-refractivity contribution in [1.82, 2.24) is 4.98 Å². The number of hydrogen-bond acceptors (Lipinski definition) is 5. The maximum atomic E-state index is 10.6. The van der Waals surface area contributed by atoms with Crippen molar-refractivity contribution in [3.63, 3.8) is 0 Å². The van der Waals surface area contributed by atoms with Crippen LogP contribution in [0.15, 0.2) is 41.1 Å². The number of non-ortho nitro benzene ring substituents is 1. The van der Waals surface area contributed by atoms with E-state index in [0.717, 1.165) is 16.3 Å². The summed E-state index contributed by atoms with van der Waals surface area (Å²) in [6.45, 7) is 2.07. The van der Waals surface area contributed by atoms with Gasteiger partial charge in [-0.3, -0.25) is 10.1 Å². The van der Waals surface area contributed by atoms with Crippen molar-refractivity contribution < 1.29 is 4.92 Å². The van der Waals surface area contributed by atoms with Crippen LogP contribution >= 0.6 is 22.7 Å². The van der Waals surface area contributed by atoms with Crippen molar-refractivity contribution in [2.45, 2.75) is 6.92 Å². The second kappa shape index (κ2) is 5.15. The Labute approximate surface area is 123 Å². The number of hydrogen-bond donors (Lipinski definition) is 0. The van der Waals surface area contributed by atoms with E-state index < -0.39 is 4.92 Å². The molecule has 1 aromatic carbocycles. The first-order chi connectivity index (χ1) is 9.65. The summed E-state index contributed by atoms with van der Waals surface area (Å²) >= 11 is 3.27. The van der Waals surface area contributed by atoms with E-state index in [0.29, 0.717) is 0 Å². The molecule has 0 saturated heterocycles. The van der Waals surface area contributed by atoms with Crippen molar-refractivity contribution in [2.24, 2.45) is 0 Å². The molecule has 0 radical (unpaired) electrons. The Bertz CT molecular complexity index is 760. The molecule has 6 heteroatoms. The van der Waals surface area contributed by atoms with Crippen LogP contribution < -0.4 is 0 Å². The van der Waals surface area contributed by atoms with E-state index in [9.17, 15) is 10.1 Å². The molecule has 0 aliphatic heterocycles. The first kappa shape index (κ1) is 13.0. The zero-order valence-electron chi connectivity index (χ0n) is 10.6. The topological polar surface area (TPSA) is 56.0 Å². The summed E-state index contributed by atoms with van der Waals surface area (Å²) in [7, 11) is 0. The van der Waals surface area contributed by atoms with E-state index in [1.807, 2.05) is 5.38 Å². The number of nitro groups is 1. The highest BCUT2D eigenvalue weighted by atomic mass is 32.1. The van der Waals surface area contributed by atoms with E-state index >= 15 is 0 Å². The van der Waals surface area contributed by atoms with Gasteiger partial charge in [0.1, 0.15) is 5.01 Å². The van der Waals surface area contributed by atoms with Crippen LogP contribution in [0.2, 0.25) is 0 Å². The van der Waals surface area contributed by atoms with Crippen LogP contribution in [0.4, 0.5) is 5.69 Å². The molecule has 2 heterocycles. The minimum absolute atomic E-state index is 0.0957. The summed E-state index contributed by atoms with van der Waals surface area (Å²) in [5.41, 5.74) is 3.07. The molecule has 0 unspecified atom stereocenters. The molecule has 100 valence electrons. The Balaban J connectivity index is 1.94. The van der Waals surface area contributed by atoms with Crippen LogP contribution in [0.1, 0.15) is 5.56 Å². The van der Waals surface area contributed by atoms with Gasteiger partial charge in [0, 0.05) is 23.1 Å². The Kier molecular flexibility index (Phi) is 3.33. The number of rotatable bonds is 3. The van der Waals surface area contributed by atoms with Gasteiger partial charge in [-0.1, -0.05) is 0 Å². The molecule has 4 nitrogen and oxygen atoms in total. The molecule has 20 heavy (non-hydrogen) atoms. The first-order valence-corrected chi connectivity index (χ1v) is 7.66. The number of thiazole rings is 1. The van der Waals surface area contributed by atoms with E-state index in [1.54, 1.807) is 34.8 Å². The Hall–Kier alpha value is -2.05. The lowest BCUT2D eigenvalue weighted by atomic mass is 10.1. The van der Waals surface area contributed by atoms with Crippen LogP contribution in [0, 0.1) is 17.0 Å². The smallest absolute Gasteiger partial charge is 0.258 e. The molecule has 0 aliphatic rings. The summed E-state index contributed by atoms with van der Waals surface area (Å²) in [6, 6.07) is 8.55. The van der Waals surface area contributed by atoms with Gasteiger partial charge in [0.15, 0.2) is 0 Å². The monoisotopic (exact) mass is 302 g/mol. The summed E-state index contributed by atoms with van der Waals surface area (Å²) in [4.78, 5) is 16.0. The highest BCUT2D eigenvalue weighted by Gasteiger charge is 2.11. The van der Waals surface area contributed by atoms with E-state index in [4.69, 9.17) is 0 Å². The molecule has 0 amide bonds. The lowest BCUT2D eigenvalue weighted by molar-refractivity contribution is -0.384. The average molecular weight is 302 g/mol. The van der Waals surface area contributed by atoms with E-state index in [2.05, 4.69) is 23.4 Å². The third-order valence-corrected chi connectivity index (χ3v) is 4.95. The Morgan fingerprint density at radius 2 is 1.90 bits per heavy atom. The minimum Gasteiger partial charge on any atom is -0.258 e. The number of thiophene rings is 1. The molecule has 0 aliphatic carbocycles. The lowest BCUT2D eigenvalue weighted by Crippen LogP contribution is -1.87. The molecule has 0 N–H and O–H groups in total. The third kappa shape index (κ3) is 2.35. The SMILES string of the molecule is Cc1ccsc1-c1nc(-c2ccc([N+](=O)[O-])cc2)cs1. The van der Waals surface area contributed by atoms with Gasteiger partial charge < -0.3 is 0 Å². The predicted octanol–water partition coefficient (Wildman–Crippen LogP) is 4.76. The predicted molar refractivity (Wildman–Crippen MR) is 82.3 cm³/mol. The molecular formula is C14H10N2O2S2. The van der Waals surface area contributed by atoms with Crippen LogP contribution in [0.5, 0.6) is 0 Å². The highest BCUT2D eigenvalue weighted by Crippen LogP contribution is 2.34. The second-order valence-electron chi connectivity index (χ2n) is 4.27. The van der Waals surface area contributed by atoms with Gasteiger partial charge in [-0.2, -0.15) is 0 Å². The zero-order valence-corrected chi connectivity index (χ0v) is 12.2. The molecule has 0 spiro atoms. The third-order valence-electron chi connectivity index (χ3n) is 2.93. The molecule has 3 aromatic rings. The van der Waals surface area contributed by atoms with Crippen LogP contribution in [0.3, 0.4) is 0 Å². The minimum atomic E-state index is -0.398. The molecular weight excluding hydrogens is 292 g/mol. The first-order valence-electron chi connectivity index (χ1n) is 5.90. The maximum Gasteiger partial charge on any atom is 0.269 e. The standard InChI is InChI=1S/C14H10N2O2S2/c1-9-6-7-19-13(9)14-15-12(8-20-14)10-2-4-11(5-3-10)16(17)18/h2-8H,1H3. The number of aromatic nitrogens is 1. The van der Waals surface area contributed by atoms with E-state index in [-0.39, 0.29) is 5.69 Å². The quantitative estimate of drug-likeness (QED) is 0.518. The summed E-state index contributed by atoms with van der Waals surface area (Å²) < 4.78 is 0. The van der Waals surface area contributed by atoms with Gasteiger partial charge in [-0.15, -0.1) is 22.7 Å². The van der Waals surface area contributed by atoms with Crippen molar-refractivity contribution in [2.75, 3.05) is 0 Å². The highest BCUT2D eigenvalue weighted by molar-refractivity contribution is 7.20. The van der Waals surface area contributed by atoms with Crippen LogP contribution in [-0.2, 0) is 0 Å². The fourth-order valence-electron chi connectivity index (χ4n) is 1.86. The zero-order chi connectivity index (χ0) is 14.1. The number of benzene rings is 1. The molecule has 0 fully saturated rings. The van der Waals surface area contributed by atoms with Gasteiger partial charge in [0.05, 0.1) is 15.5 Å². The van der Waals surface area contributed by atoms with E-state index in [1.165, 1.54) is 22.6 Å². The lowest BCUT2D eigenvalue weighted by Gasteiger charge is -1.96. The second-order valence-corrected chi connectivity index (χ2v) is 6.05. The van der Waals surface area contributed by atoms with Crippen LogP contribution in [0.25, 0.3) is 21.1 Å². The molecule has 2 aromatic heterocycles. The normalized spacial score (nSPS) is 10.7. The number of aryl methyl sites for hydroxylation is 1. The number of nitro benzene ring substituents is 1. The van der Waals surface area contributed by atoms with Gasteiger partial charge in [0.2, 0.25) is 0 Å². The van der Waals surface area contributed by atoms with Crippen LogP contribution in [-0.4, -0.2) is 9.91 Å². The van der Waals surface area contributed by atoms with Crippen molar-refractivity contribution in [3.8, 4) is 21.1 Å². The Morgan fingerprint density at radius 3 is 2.50 bits per heavy atom. The van der Waals surface area contributed by atoms with Gasteiger partial charge in [-0.25, -0.2) is 4.98 Å². The molecule has 0 atom stereocenters. The van der Waals surface area contributed by atoms with Gasteiger partial charge >= 0.3 is 0 Å². The Morgan fingerprint density at radius 1 is 1.15 bits per heavy atom.